The van der Waals surface area contributed by atoms with Crippen LogP contribution in [0.3, 0.4) is 0 Å². The fourth-order valence-electron chi connectivity index (χ4n) is 1.25. The Morgan fingerprint density at radius 3 is 2.57 bits per heavy atom. The highest BCUT2D eigenvalue weighted by molar-refractivity contribution is 5.82. The van der Waals surface area contributed by atoms with E-state index in [-0.39, 0.29) is 11.7 Å². The first kappa shape index (κ1) is 10.7. The standard InChI is InChI=1S/C13H16O/c1-3-13(14)11(2)9-10-12-7-5-4-6-8-12/h4-11H,3H2,1-2H3/b10-9+. The van der Waals surface area contributed by atoms with E-state index in [9.17, 15) is 4.79 Å². The second-order valence-electron chi connectivity index (χ2n) is 3.38. The predicted molar refractivity (Wildman–Crippen MR) is 59.9 cm³/mol. The molecule has 1 nitrogen and oxygen atoms in total. The number of rotatable bonds is 4. The van der Waals surface area contributed by atoms with E-state index in [0.29, 0.717) is 6.42 Å². The Morgan fingerprint density at radius 2 is 2.00 bits per heavy atom. The monoisotopic (exact) mass is 188 g/mol. The minimum Gasteiger partial charge on any atom is -0.299 e. The molecular formula is C13H16O. The maximum absolute atomic E-state index is 11.3. The van der Waals surface area contributed by atoms with Crippen molar-refractivity contribution in [2.45, 2.75) is 20.3 Å². The normalized spacial score (nSPS) is 13.0. The Morgan fingerprint density at radius 1 is 1.36 bits per heavy atom. The van der Waals surface area contributed by atoms with Gasteiger partial charge in [0.05, 0.1) is 0 Å². The molecule has 0 amide bonds. The molecule has 0 bridgehead atoms. The predicted octanol–water partition coefficient (Wildman–Crippen LogP) is 3.32. The lowest BCUT2D eigenvalue weighted by atomic mass is 10.0. The number of carbonyl (C=O) groups excluding carboxylic acids is 1. The van der Waals surface area contributed by atoms with Crippen LogP contribution in [0, 0.1) is 5.92 Å². The van der Waals surface area contributed by atoms with Gasteiger partial charge in [-0.15, -0.1) is 0 Å². The van der Waals surface area contributed by atoms with Crippen LogP contribution in [0.15, 0.2) is 36.4 Å². The maximum atomic E-state index is 11.3. The summed E-state index contributed by atoms with van der Waals surface area (Å²) in [6.07, 6.45) is 4.57. The molecule has 0 radical (unpaired) electrons. The summed E-state index contributed by atoms with van der Waals surface area (Å²) < 4.78 is 0. The van der Waals surface area contributed by atoms with Crippen LogP contribution in [-0.2, 0) is 4.79 Å². The van der Waals surface area contributed by atoms with Crippen LogP contribution in [0.1, 0.15) is 25.8 Å². The molecule has 0 fully saturated rings. The number of carbonyl (C=O) groups is 1. The second kappa shape index (κ2) is 5.38. The summed E-state index contributed by atoms with van der Waals surface area (Å²) in [5, 5.41) is 0. The van der Waals surface area contributed by atoms with Gasteiger partial charge < -0.3 is 0 Å². The van der Waals surface area contributed by atoms with E-state index in [1.165, 1.54) is 0 Å². The fourth-order valence-corrected chi connectivity index (χ4v) is 1.25. The zero-order chi connectivity index (χ0) is 10.4. The Bertz CT molecular complexity index is 311. The minimum atomic E-state index is 0.0280. The zero-order valence-corrected chi connectivity index (χ0v) is 8.73. The molecule has 0 aliphatic rings. The molecule has 1 aromatic carbocycles. The van der Waals surface area contributed by atoms with Gasteiger partial charge in [0, 0.05) is 12.3 Å². The van der Waals surface area contributed by atoms with Crippen molar-refractivity contribution in [3.63, 3.8) is 0 Å². The van der Waals surface area contributed by atoms with Gasteiger partial charge in [0.1, 0.15) is 5.78 Å². The van der Waals surface area contributed by atoms with Crippen molar-refractivity contribution >= 4 is 11.9 Å². The molecule has 0 saturated carbocycles. The highest BCUT2D eigenvalue weighted by atomic mass is 16.1. The molecule has 0 spiro atoms. The maximum Gasteiger partial charge on any atom is 0.139 e. The lowest BCUT2D eigenvalue weighted by molar-refractivity contribution is -0.120. The van der Waals surface area contributed by atoms with Crippen LogP contribution < -0.4 is 0 Å². The van der Waals surface area contributed by atoms with Crippen molar-refractivity contribution < 1.29 is 4.79 Å². The molecule has 74 valence electrons. The highest BCUT2D eigenvalue weighted by Gasteiger charge is 2.05. The van der Waals surface area contributed by atoms with Gasteiger partial charge >= 0.3 is 0 Å². The topological polar surface area (TPSA) is 17.1 Å². The Labute approximate surface area is 85.5 Å². The van der Waals surface area contributed by atoms with Gasteiger partial charge in [0.15, 0.2) is 0 Å². The van der Waals surface area contributed by atoms with E-state index in [2.05, 4.69) is 0 Å². The first-order valence-electron chi connectivity index (χ1n) is 5.00. The molecule has 1 unspecified atom stereocenters. The summed E-state index contributed by atoms with van der Waals surface area (Å²) in [5.74, 6) is 0.317. The second-order valence-corrected chi connectivity index (χ2v) is 3.38. The first-order chi connectivity index (χ1) is 6.74. The summed E-state index contributed by atoms with van der Waals surface area (Å²) >= 11 is 0. The minimum absolute atomic E-state index is 0.0280. The summed E-state index contributed by atoms with van der Waals surface area (Å²) in [6, 6.07) is 10.0. The van der Waals surface area contributed by atoms with Crippen LogP contribution in [0.5, 0.6) is 0 Å². The largest absolute Gasteiger partial charge is 0.299 e. The van der Waals surface area contributed by atoms with Crippen molar-refractivity contribution in [2.24, 2.45) is 5.92 Å². The van der Waals surface area contributed by atoms with E-state index < -0.39 is 0 Å². The van der Waals surface area contributed by atoms with E-state index in [0.717, 1.165) is 5.56 Å². The number of hydrogen-bond donors (Lipinski definition) is 0. The molecule has 1 heteroatoms. The average molecular weight is 188 g/mol. The SMILES string of the molecule is CCC(=O)C(C)/C=C/c1ccccc1. The van der Waals surface area contributed by atoms with E-state index in [4.69, 9.17) is 0 Å². The van der Waals surface area contributed by atoms with Crippen molar-refractivity contribution in [1.82, 2.24) is 0 Å². The Balaban J connectivity index is 2.60. The molecular weight excluding hydrogens is 172 g/mol. The number of benzene rings is 1. The summed E-state index contributed by atoms with van der Waals surface area (Å²) in [6.45, 7) is 3.83. The van der Waals surface area contributed by atoms with Crippen LogP contribution in [-0.4, -0.2) is 5.78 Å². The number of allylic oxidation sites excluding steroid dienone is 1. The third-order valence-electron chi connectivity index (χ3n) is 2.23. The first-order valence-corrected chi connectivity index (χ1v) is 5.00. The van der Waals surface area contributed by atoms with Crippen molar-refractivity contribution in [3.05, 3.63) is 42.0 Å². The third-order valence-corrected chi connectivity index (χ3v) is 2.23. The van der Waals surface area contributed by atoms with Crippen molar-refractivity contribution in [3.8, 4) is 0 Å². The van der Waals surface area contributed by atoms with Gasteiger partial charge in [0.25, 0.3) is 0 Å². The summed E-state index contributed by atoms with van der Waals surface area (Å²) in [4.78, 5) is 11.3. The highest BCUT2D eigenvalue weighted by Crippen LogP contribution is 2.07. The fraction of sp³-hybridized carbons (Fsp3) is 0.308. The lowest BCUT2D eigenvalue weighted by Gasteiger charge is -2.01. The van der Waals surface area contributed by atoms with Gasteiger partial charge in [-0.1, -0.05) is 56.3 Å². The molecule has 0 heterocycles. The van der Waals surface area contributed by atoms with Crippen molar-refractivity contribution in [2.75, 3.05) is 0 Å². The van der Waals surface area contributed by atoms with Gasteiger partial charge in [0.2, 0.25) is 0 Å². The van der Waals surface area contributed by atoms with Crippen LogP contribution in [0.4, 0.5) is 0 Å². The molecule has 1 rings (SSSR count). The van der Waals surface area contributed by atoms with Gasteiger partial charge in [-0.25, -0.2) is 0 Å². The van der Waals surface area contributed by atoms with E-state index >= 15 is 0 Å². The van der Waals surface area contributed by atoms with Crippen LogP contribution in [0.25, 0.3) is 6.08 Å². The molecule has 1 aromatic rings. The molecule has 0 aliphatic heterocycles. The molecule has 0 aliphatic carbocycles. The molecule has 1 atom stereocenters. The average Bonchev–Trinajstić information content (AvgIpc) is 2.26. The van der Waals surface area contributed by atoms with Crippen LogP contribution >= 0.6 is 0 Å². The van der Waals surface area contributed by atoms with Crippen LogP contribution in [0.2, 0.25) is 0 Å². The smallest absolute Gasteiger partial charge is 0.139 e. The third kappa shape index (κ3) is 3.17. The Hall–Kier alpha value is -1.37. The molecule has 0 saturated heterocycles. The van der Waals surface area contributed by atoms with E-state index in [1.54, 1.807) is 0 Å². The molecule has 0 aromatic heterocycles. The van der Waals surface area contributed by atoms with Gasteiger partial charge in [-0.3, -0.25) is 4.79 Å². The Kier molecular flexibility index (Phi) is 4.11. The van der Waals surface area contributed by atoms with Gasteiger partial charge in [-0.2, -0.15) is 0 Å². The molecule has 14 heavy (non-hydrogen) atoms. The lowest BCUT2D eigenvalue weighted by Crippen LogP contribution is -2.05. The molecule has 0 N–H and O–H groups in total. The van der Waals surface area contributed by atoms with Crippen molar-refractivity contribution in [1.29, 1.82) is 0 Å². The van der Waals surface area contributed by atoms with E-state index in [1.807, 2.05) is 56.3 Å². The summed E-state index contributed by atoms with van der Waals surface area (Å²) in [7, 11) is 0. The quantitative estimate of drug-likeness (QED) is 0.708. The number of Topliss-reactive ketones (excluding diaryl/α,β-unsaturated/α-hetero) is 1. The summed E-state index contributed by atoms with van der Waals surface area (Å²) in [5.41, 5.74) is 1.14. The zero-order valence-electron chi connectivity index (χ0n) is 8.73. The number of hydrogen-bond acceptors (Lipinski definition) is 1. The number of ketones is 1. The van der Waals surface area contributed by atoms with Gasteiger partial charge in [-0.05, 0) is 5.56 Å².